The molecular formula is C14H20N2OS. The van der Waals surface area contributed by atoms with Crippen LogP contribution in [0.2, 0.25) is 0 Å². The molecule has 1 aliphatic carbocycles. The average Bonchev–Trinajstić information content (AvgIpc) is 2.88. The van der Waals surface area contributed by atoms with E-state index in [-0.39, 0.29) is 12.1 Å². The number of carbonyl (C=O) groups is 1. The molecule has 2 unspecified atom stereocenters. The van der Waals surface area contributed by atoms with Gasteiger partial charge in [-0.15, -0.1) is 11.3 Å². The number of hydrogen-bond donors (Lipinski definition) is 1. The van der Waals surface area contributed by atoms with Gasteiger partial charge in [0.1, 0.15) is 6.17 Å². The van der Waals surface area contributed by atoms with Crippen molar-refractivity contribution in [3.05, 3.63) is 21.9 Å². The van der Waals surface area contributed by atoms with E-state index in [0.29, 0.717) is 12.6 Å². The predicted octanol–water partition coefficient (Wildman–Crippen LogP) is 2.68. The highest BCUT2D eigenvalue weighted by atomic mass is 32.1. The van der Waals surface area contributed by atoms with Gasteiger partial charge in [-0.05, 0) is 38.3 Å². The summed E-state index contributed by atoms with van der Waals surface area (Å²) in [6.07, 6.45) is 3.96. The Morgan fingerprint density at radius 2 is 2.28 bits per heavy atom. The van der Waals surface area contributed by atoms with Gasteiger partial charge in [0, 0.05) is 15.8 Å². The van der Waals surface area contributed by atoms with Crippen molar-refractivity contribution in [2.75, 3.05) is 6.54 Å². The van der Waals surface area contributed by atoms with E-state index in [1.54, 1.807) is 11.3 Å². The lowest BCUT2D eigenvalue weighted by Gasteiger charge is -2.30. The zero-order chi connectivity index (χ0) is 12.7. The molecule has 1 aromatic heterocycles. The molecule has 2 atom stereocenters. The largest absolute Gasteiger partial charge is 0.318 e. The summed E-state index contributed by atoms with van der Waals surface area (Å²) in [5, 5.41) is 3.35. The Morgan fingerprint density at radius 1 is 1.50 bits per heavy atom. The number of rotatable bonds is 4. The van der Waals surface area contributed by atoms with Crippen LogP contribution in [0, 0.1) is 12.8 Å². The summed E-state index contributed by atoms with van der Waals surface area (Å²) in [7, 11) is 0. The second-order valence-corrected chi connectivity index (χ2v) is 6.88. The SMILES string of the molecule is Cc1ccc(C2NCC(=O)N2C(C)CC2CC2)s1. The van der Waals surface area contributed by atoms with Crippen LogP contribution in [0.3, 0.4) is 0 Å². The summed E-state index contributed by atoms with van der Waals surface area (Å²) in [5.41, 5.74) is 0. The highest BCUT2D eigenvalue weighted by molar-refractivity contribution is 7.12. The van der Waals surface area contributed by atoms with E-state index in [1.807, 2.05) is 0 Å². The number of nitrogens with one attached hydrogen (secondary N) is 1. The lowest BCUT2D eigenvalue weighted by Crippen LogP contribution is -2.37. The molecule has 0 aromatic carbocycles. The van der Waals surface area contributed by atoms with E-state index in [2.05, 4.69) is 36.2 Å². The first kappa shape index (κ1) is 12.2. The number of nitrogens with zero attached hydrogens (tertiary/aromatic N) is 1. The van der Waals surface area contributed by atoms with E-state index in [9.17, 15) is 4.79 Å². The monoisotopic (exact) mass is 264 g/mol. The maximum atomic E-state index is 12.1. The average molecular weight is 264 g/mol. The molecular weight excluding hydrogens is 244 g/mol. The summed E-state index contributed by atoms with van der Waals surface area (Å²) < 4.78 is 0. The van der Waals surface area contributed by atoms with E-state index in [1.165, 1.54) is 22.6 Å². The maximum Gasteiger partial charge on any atom is 0.238 e. The molecule has 3 nitrogen and oxygen atoms in total. The summed E-state index contributed by atoms with van der Waals surface area (Å²) >= 11 is 1.79. The van der Waals surface area contributed by atoms with Gasteiger partial charge in [-0.2, -0.15) is 0 Å². The fourth-order valence-corrected chi connectivity index (χ4v) is 3.76. The minimum Gasteiger partial charge on any atom is -0.318 e. The molecule has 98 valence electrons. The van der Waals surface area contributed by atoms with Crippen molar-refractivity contribution >= 4 is 17.2 Å². The molecule has 0 bridgehead atoms. The molecule has 1 saturated carbocycles. The Morgan fingerprint density at radius 3 is 2.89 bits per heavy atom. The standard InChI is InChI=1S/C14H20N2OS/c1-9(7-11-4-5-11)16-13(17)8-15-14(16)12-6-3-10(2)18-12/h3,6,9,11,14-15H,4-5,7-8H2,1-2H3. The van der Waals surface area contributed by atoms with Crippen molar-refractivity contribution in [3.63, 3.8) is 0 Å². The lowest BCUT2D eigenvalue weighted by atomic mass is 10.1. The Bertz CT molecular complexity index is 452. The fourth-order valence-electron chi connectivity index (χ4n) is 2.81. The van der Waals surface area contributed by atoms with E-state index >= 15 is 0 Å². The van der Waals surface area contributed by atoms with Crippen LogP contribution in [-0.4, -0.2) is 23.4 Å². The fraction of sp³-hybridized carbons (Fsp3) is 0.643. The van der Waals surface area contributed by atoms with E-state index in [4.69, 9.17) is 0 Å². The first-order chi connectivity index (χ1) is 8.65. The first-order valence-electron chi connectivity index (χ1n) is 6.76. The van der Waals surface area contributed by atoms with E-state index < -0.39 is 0 Å². The Hall–Kier alpha value is -0.870. The van der Waals surface area contributed by atoms with Gasteiger partial charge in [0.15, 0.2) is 0 Å². The van der Waals surface area contributed by atoms with Gasteiger partial charge in [0.25, 0.3) is 0 Å². The second-order valence-electron chi connectivity index (χ2n) is 5.56. The van der Waals surface area contributed by atoms with Gasteiger partial charge in [-0.3, -0.25) is 10.1 Å². The number of thiophene rings is 1. The topological polar surface area (TPSA) is 32.3 Å². The summed E-state index contributed by atoms with van der Waals surface area (Å²) in [5.74, 6) is 1.11. The number of hydrogen-bond acceptors (Lipinski definition) is 3. The van der Waals surface area contributed by atoms with Crippen LogP contribution in [0.5, 0.6) is 0 Å². The predicted molar refractivity (Wildman–Crippen MR) is 73.4 cm³/mol. The first-order valence-corrected chi connectivity index (χ1v) is 7.57. The molecule has 1 aromatic rings. The van der Waals surface area contributed by atoms with Crippen molar-refractivity contribution in [2.24, 2.45) is 5.92 Å². The molecule has 0 spiro atoms. The van der Waals surface area contributed by atoms with Crippen LogP contribution >= 0.6 is 11.3 Å². The van der Waals surface area contributed by atoms with Crippen LogP contribution in [0.15, 0.2) is 12.1 Å². The van der Waals surface area contributed by atoms with Gasteiger partial charge >= 0.3 is 0 Å². The molecule has 2 aliphatic rings. The number of amides is 1. The second kappa shape index (κ2) is 4.67. The molecule has 18 heavy (non-hydrogen) atoms. The van der Waals surface area contributed by atoms with Crippen LogP contribution in [-0.2, 0) is 4.79 Å². The smallest absolute Gasteiger partial charge is 0.238 e. The van der Waals surface area contributed by atoms with Gasteiger partial charge in [-0.1, -0.05) is 12.8 Å². The van der Waals surface area contributed by atoms with Crippen molar-refractivity contribution in [2.45, 2.75) is 45.3 Å². The van der Waals surface area contributed by atoms with Gasteiger partial charge in [-0.25, -0.2) is 0 Å². The molecule has 1 amide bonds. The molecule has 1 aliphatic heterocycles. The molecule has 2 heterocycles. The third kappa shape index (κ3) is 2.31. The Labute approximate surface area is 112 Å². The van der Waals surface area contributed by atoms with Crippen LogP contribution in [0.25, 0.3) is 0 Å². The third-order valence-electron chi connectivity index (χ3n) is 3.89. The zero-order valence-electron chi connectivity index (χ0n) is 11.0. The van der Waals surface area contributed by atoms with Crippen molar-refractivity contribution < 1.29 is 4.79 Å². The maximum absolute atomic E-state index is 12.1. The number of carbonyl (C=O) groups excluding carboxylic acids is 1. The summed E-state index contributed by atoms with van der Waals surface area (Å²) in [4.78, 5) is 16.7. The minimum atomic E-state index is 0.102. The Balaban J connectivity index is 1.77. The molecule has 0 radical (unpaired) electrons. The molecule has 4 heteroatoms. The highest BCUT2D eigenvalue weighted by Gasteiger charge is 2.37. The van der Waals surface area contributed by atoms with Crippen molar-refractivity contribution in [1.82, 2.24) is 10.2 Å². The zero-order valence-corrected chi connectivity index (χ0v) is 11.8. The summed E-state index contributed by atoms with van der Waals surface area (Å²) in [6.45, 7) is 4.79. The third-order valence-corrected chi connectivity index (χ3v) is 4.94. The minimum absolute atomic E-state index is 0.102. The molecule has 1 N–H and O–H groups in total. The molecule has 3 rings (SSSR count). The van der Waals surface area contributed by atoms with Gasteiger partial charge < -0.3 is 4.90 Å². The quantitative estimate of drug-likeness (QED) is 0.907. The van der Waals surface area contributed by atoms with Crippen molar-refractivity contribution in [3.8, 4) is 0 Å². The van der Waals surface area contributed by atoms with Crippen LogP contribution < -0.4 is 5.32 Å². The van der Waals surface area contributed by atoms with Gasteiger partial charge in [0.05, 0.1) is 6.54 Å². The van der Waals surface area contributed by atoms with Gasteiger partial charge in [0.2, 0.25) is 5.91 Å². The van der Waals surface area contributed by atoms with E-state index in [0.717, 1.165) is 12.3 Å². The highest BCUT2D eigenvalue weighted by Crippen LogP contribution is 2.37. The number of aryl methyl sites for hydroxylation is 1. The normalized spacial score (nSPS) is 25.8. The molecule has 2 fully saturated rings. The van der Waals surface area contributed by atoms with Crippen molar-refractivity contribution in [1.29, 1.82) is 0 Å². The molecule has 1 saturated heterocycles. The summed E-state index contributed by atoms with van der Waals surface area (Å²) in [6, 6.07) is 4.63. The van der Waals surface area contributed by atoms with Crippen LogP contribution in [0.4, 0.5) is 0 Å². The lowest BCUT2D eigenvalue weighted by molar-refractivity contribution is -0.130. The van der Waals surface area contributed by atoms with Crippen LogP contribution in [0.1, 0.15) is 42.1 Å². The Kier molecular flexibility index (Phi) is 3.16.